The normalized spacial score (nSPS) is 16.4. The van der Waals surface area contributed by atoms with Gasteiger partial charge in [0.1, 0.15) is 4.83 Å². The number of aryl methyl sites for hydroxylation is 2. The van der Waals surface area contributed by atoms with Crippen molar-refractivity contribution < 1.29 is 9.53 Å². The van der Waals surface area contributed by atoms with Crippen LogP contribution in [0.5, 0.6) is 0 Å². The molecule has 0 bridgehead atoms. The highest BCUT2D eigenvalue weighted by atomic mass is 32.1. The van der Waals surface area contributed by atoms with Crippen LogP contribution in [0.3, 0.4) is 0 Å². The van der Waals surface area contributed by atoms with Gasteiger partial charge in [-0.25, -0.2) is 4.98 Å². The van der Waals surface area contributed by atoms with Crippen molar-refractivity contribution in [2.45, 2.75) is 38.8 Å². The Balaban J connectivity index is 1.51. The summed E-state index contributed by atoms with van der Waals surface area (Å²) in [6.07, 6.45) is 4.00. The zero-order chi connectivity index (χ0) is 20.4. The lowest BCUT2D eigenvalue weighted by atomic mass is 10.1. The quantitative estimate of drug-likeness (QED) is 0.623. The number of rotatable bonds is 6. The molecule has 3 heterocycles. The Morgan fingerprint density at radius 1 is 1.34 bits per heavy atom. The number of aromatic nitrogens is 2. The Hall–Kier alpha value is -2.51. The van der Waals surface area contributed by atoms with E-state index < -0.39 is 0 Å². The van der Waals surface area contributed by atoms with Crippen molar-refractivity contribution in [2.24, 2.45) is 0 Å². The van der Waals surface area contributed by atoms with Gasteiger partial charge < -0.3 is 9.64 Å². The second-order valence-electron chi connectivity index (χ2n) is 7.60. The number of likely N-dealkylation sites (N-methyl/N-ethyl adjacent to an activating group) is 1. The standard InChI is InChI=1S/C22H25N3O3S/c1-15-5-7-16(8-6-15)18-13-29-21-20(18)22(27)25(14-23-21)10-9-19(26)24(2)12-17-4-3-11-28-17/h5-8,13-14,17H,3-4,9-12H2,1-2H3. The van der Waals surface area contributed by atoms with Crippen LogP contribution in [0, 0.1) is 6.92 Å². The van der Waals surface area contributed by atoms with Crippen molar-refractivity contribution >= 4 is 27.5 Å². The van der Waals surface area contributed by atoms with Gasteiger partial charge >= 0.3 is 0 Å². The fourth-order valence-corrected chi connectivity index (χ4v) is 4.58. The van der Waals surface area contributed by atoms with Crippen LogP contribution < -0.4 is 5.56 Å². The summed E-state index contributed by atoms with van der Waals surface area (Å²) in [7, 11) is 1.79. The van der Waals surface area contributed by atoms with Gasteiger partial charge in [-0.05, 0) is 25.3 Å². The second kappa shape index (κ2) is 8.47. The first-order valence-corrected chi connectivity index (χ1v) is 10.8. The van der Waals surface area contributed by atoms with Crippen LogP contribution in [0.2, 0.25) is 0 Å². The molecule has 1 saturated heterocycles. The smallest absolute Gasteiger partial charge is 0.262 e. The zero-order valence-electron chi connectivity index (χ0n) is 16.8. The van der Waals surface area contributed by atoms with E-state index in [-0.39, 0.29) is 24.0 Å². The number of hydrogen-bond donors (Lipinski definition) is 0. The van der Waals surface area contributed by atoms with Crippen LogP contribution in [-0.4, -0.2) is 46.7 Å². The maximum atomic E-state index is 13.1. The van der Waals surface area contributed by atoms with E-state index in [2.05, 4.69) is 4.98 Å². The number of thiophene rings is 1. The Morgan fingerprint density at radius 2 is 2.14 bits per heavy atom. The highest BCUT2D eigenvalue weighted by Gasteiger charge is 2.20. The minimum Gasteiger partial charge on any atom is -0.376 e. The Morgan fingerprint density at radius 3 is 2.86 bits per heavy atom. The van der Waals surface area contributed by atoms with E-state index >= 15 is 0 Å². The van der Waals surface area contributed by atoms with Crippen LogP contribution in [0.1, 0.15) is 24.8 Å². The average molecular weight is 412 g/mol. The highest BCUT2D eigenvalue weighted by molar-refractivity contribution is 7.17. The minimum atomic E-state index is -0.0959. The van der Waals surface area contributed by atoms with Crippen LogP contribution >= 0.6 is 11.3 Å². The third kappa shape index (κ3) is 4.26. The molecule has 1 fully saturated rings. The molecule has 0 saturated carbocycles. The fraction of sp³-hybridized carbons (Fsp3) is 0.409. The van der Waals surface area contributed by atoms with Gasteiger partial charge in [-0.2, -0.15) is 0 Å². The number of hydrogen-bond acceptors (Lipinski definition) is 5. The summed E-state index contributed by atoms with van der Waals surface area (Å²) in [5.41, 5.74) is 2.99. The molecule has 2 aromatic heterocycles. The number of carbonyl (C=O) groups excluding carboxylic acids is 1. The van der Waals surface area contributed by atoms with Crippen molar-refractivity contribution in [3.63, 3.8) is 0 Å². The first-order chi connectivity index (χ1) is 14.0. The molecule has 1 unspecified atom stereocenters. The summed E-state index contributed by atoms with van der Waals surface area (Å²) in [5.74, 6) is 0.0107. The highest BCUT2D eigenvalue weighted by Crippen LogP contribution is 2.30. The van der Waals surface area contributed by atoms with Crippen LogP contribution in [0.15, 0.2) is 40.8 Å². The van der Waals surface area contributed by atoms with Crippen LogP contribution in [0.25, 0.3) is 21.3 Å². The van der Waals surface area contributed by atoms with E-state index in [9.17, 15) is 9.59 Å². The van der Waals surface area contributed by atoms with Crippen LogP contribution in [0.4, 0.5) is 0 Å². The number of carbonyl (C=O) groups is 1. The third-order valence-corrected chi connectivity index (χ3v) is 6.30. The number of ether oxygens (including phenoxy) is 1. The average Bonchev–Trinajstić information content (AvgIpc) is 3.38. The maximum Gasteiger partial charge on any atom is 0.262 e. The van der Waals surface area contributed by atoms with E-state index in [1.54, 1.807) is 22.8 Å². The van der Waals surface area contributed by atoms with Crippen molar-refractivity contribution in [1.29, 1.82) is 0 Å². The van der Waals surface area contributed by atoms with Crippen molar-refractivity contribution in [1.82, 2.24) is 14.5 Å². The van der Waals surface area contributed by atoms with Gasteiger partial charge in [0.2, 0.25) is 5.91 Å². The molecule has 6 nitrogen and oxygen atoms in total. The number of fused-ring (bicyclic) bond motifs is 1. The van der Waals surface area contributed by atoms with Crippen molar-refractivity contribution in [3.05, 3.63) is 51.9 Å². The first kappa shape index (κ1) is 19.8. The number of nitrogens with zero attached hydrogens (tertiary/aromatic N) is 3. The van der Waals surface area contributed by atoms with Gasteiger partial charge in [0.15, 0.2) is 0 Å². The largest absolute Gasteiger partial charge is 0.376 e. The van der Waals surface area contributed by atoms with E-state index in [0.717, 1.165) is 35.4 Å². The molecule has 152 valence electrons. The molecule has 1 aliphatic rings. The maximum absolute atomic E-state index is 13.1. The predicted octanol–water partition coefficient (Wildman–Crippen LogP) is 3.46. The molecular weight excluding hydrogens is 386 g/mol. The molecule has 7 heteroatoms. The molecule has 0 radical (unpaired) electrons. The van der Waals surface area contributed by atoms with Gasteiger partial charge in [0.25, 0.3) is 5.56 Å². The van der Waals surface area contributed by atoms with Crippen molar-refractivity contribution in [3.8, 4) is 11.1 Å². The fourth-order valence-electron chi connectivity index (χ4n) is 3.67. The molecule has 1 aliphatic heterocycles. The lowest BCUT2D eigenvalue weighted by Crippen LogP contribution is -2.35. The van der Waals surface area contributed by atoms with Gasteiger partial charge in [-0.15, -0.1) is 11.3 Å². The topological polar surface area (TPSA) is 64.4 Å². The molecule has 0 spiro atoms. The van der Waals surface area contributed by atoms with Gasteiger partial charge in [-0.3, -0.25) is 14.2 Å². The van der Waals surface area contributed by atoms with Crippen molar-refractivity contribution in [2.75, 3.05) is 20.2 Å². The van der Waals surface area contributed by atoms with E-state index in [1.165, 1.54) is 16.9 Å². The SMILES string of the molecule is Cc1ccc(-c2csc3ncn(CCC(=O)N(C)CC4CCCO4)c(=O)c23)cc1. The molecule has 1 atom stereocenters. The summed E-state index contributed by atoms with van der Waals surface area (Å²) in [5, 5.41) is 2.61. The Bertz CT molecular complexity index is 1070. The summed E-state index contributed by atoms with van der Waals surface area (Å²) >= 11 is 1.47. The summed E-state index contributed by atoms with van der Waals surface area (Å²) in [4.78, 5) is 32.5. The molecule has 0 aliphatic carbocycles. The predicted molar refractivity (Wildman–Crippen MR) is 115 cm³/mol. The lowest BCUT2D eigenvalue weighted by Gasteiger charge is -2.21. The summed E-state index contributed by atoms with van der Waals surface area (Å²) < 4.78 is 7.15. The molecule has 4 rings (SSSR count). The Kier molecular flexibility index (Phi) is 5.78. The molecular formula is C22H25N3O3S. The molecule has 0 N–H and O–H groups in total. The minimum absolute atomic E-state index is 0.0107. The van der Waals surface area contributed by atoms with Gasteiger partial charge in [0.05, 0.1) is 17.8 Å². The Labute approximate surface area is 173 Å². The zero-order valence-corrected chi connectivity index (χ0v) is 17.6. The second-order valence-corrected chi connectivity index (χ2v) is 8.46. The summed E-state index contributed by atoms with van der Waals surface area (Å²) in [6.45, 7) is 3.74. The number of amides is 1. The first-order valence-electron chi connectivity index (χ1n) is 9.92. The lowest BCUT2D eigenvalue weighted by molar-refractivity contribution is -0.131. The molecule has 1 amide bonds. The van der Waals surface area contributed by atoms with Gasteiger partial charge in [0, 0.05) is 44.1 Å². The van der Waals surface area contributed by atoms with E-state index in [1.807, 2.05) is 36.6 Å². The monoisotopic (exact) mass is 411 g/mol. The molecule has 29 heavy (non-hydrogen) atoms. The van der Waals surface area contributed by atoms with E-state index in [4.69, 9.17) is 4.74 Å². The third-order valence-electron chi connectivity index (χ3n) is 5.42. The van der Waals surface area contributed by atoms with Gasteiger partial charge in [-0.1, -0.05) is 29.8 Å². The summed E-state index contributed by atoms with van der Waals surface area (Å²) in [6, 6.07) is 8.13. The molecule has 1 aromatic carbocycles. The number of benzene rings is 1. The van der Waals surface area contributed by atoms with E-state index in [0.29, 0.717) is 18.5 Å². The molecule has 3 aromatic rings. The van der Waals surface area contributed by atoms with Crippen LogP contribution in [-0.2, 0) is 16.1 Å².